The second kappa shape index (κ2) is 5.21. The molecule has 1 heteroatoms. The van der Waals surface area contributed by atoms with Crippen molar-refractivity contribution in [1.29, 1.82) is 0 Å². The van der Waals surface area contributed by atoms with Crippen LogP contribution in [0.15, 0.2) is 12.1 Å². The second-order valence-corrected chi connectivity index (χ2v) is 3.10. The molecule has 0 N–H and O–H groups in total. The minimum absolute atomic E-state index is 0.834. The number of halogens is 1. The first-order valence-corrected chi connectivity index (χ1v) is 4.72. The molecule has 1 aromatic rings. The first-order chi connectivity index (χ1) is 5.61. The van der Waals surface area contributed by atoms with Crippen molar-refractivity contribution in [2.75, 3.05) is 0 Å². The first-order valence-electron chi connectivity index (χ1n) is 4.34. The van der Waals surface area contributed by atoms with E-state index in [1.54, 1.807) is 0 Å². The molecular weight excluding hydrogens is 168 g/mol. The normalized spacial score (nSPS) is 8.83. The molecule has 0 saturated carbocycles. The Bertz CT molecular complexity index is 228. The lowest BCUT2D eigenvalue weighted by atomic mass is 10.1. The van der Waals surface area contributed by atoms with Crippen LogP contribution in [-0.4, -0.2) is 0 Å². The van der Waals surface area contributed by atoms with Crippen LogP contribution in [0.25, 0.3) is 0 Å². The zero-order chi connectivity index (χ0) is 9.72. The SMILES string of the molecule is CC.Cc1cc(Cl)cc(C)c1C. The van der Waals surface area contributed by atoms with E-state index in [2.05, 4.69) is 20.8 Å². The Morgan fingerprint density at radius 2 is 1.25 bits per heavy atom. The highest BCUT2D eigenvalue weighted by molar-refractivity contribution is 6.30. The minimum Gasteiger partial charge on any atom is -0.0843 e. The van der Waals surface area contributed by atoms with Crippen molar-refractivity contribution in [2.24, 2.45) is 0 Å². The molecule has 0 bridgehead atoms. The number of hydrogen-bond acceptors (Lipinski definition) is 0. The lowest BCUT2D eigenvalue weighted by Gasteiger charge is -2.03. The van der Waals surface area contributed by atoms with Crippen LogP contribution in [-0.2, 0) is 0 Å². The Morgan fingerprint density at radius 3 is 1.58 bits per heavy atom. The Hall–Kier alpha value is -0.490. The highest BCUT2D eigenvalue weighted by atomic mass is 35.5. The van der Waals surface area contributed by atoms with Gasteiger partial charge in [-0.25, -0.2) is 0 Å². The number of benzene rings is 1. The molecule has 0 aliphatic rings. The summed E-state index contributed by atoms with van der Waals surface area (Å²) >= 11 is 5.82. The third-order valence-corrected chi connectivity index (χ3v) is 2.11. The quantitative estimate of drug-likeness (QED) is 0.564. The summed E-state index contributed by atoms with van der Waals surface area (Å²) in [5.74, 6) is 0. The van der Waals surface area contributed by atoms with Crippen molar-refractivity contribution in [3.05, 3.63) is 33.8 Å². The highest BCUT2D eigenvalue weighted by Crippen LogP contribution is 2.18. The van der Waals surface area contributed by atoms with Crippen LogP contribution >= 0.6 is 11.6 Å². The van der Waals surface area contributed by atoms with Crippen molar-refractivity contribution >= 4 is 11.6 Å². The van der Waals surface area contributed by atoms with Gasteiger partial charge in [-0.1, -0.05) is 25.4 Å². The second-order valence-electron chi connectivity index (χ2n) is 2.66. The Morgan fingerprint density at radius 1 is 0.917 bits per heavy atom. The molecule has 0 aromatic heterocycles. The van der Waals surface area contributed by atoms with Gasteiger partial charge < -0.3 is 0 Å². The number of rotatable bonds is 0. The molecule has 0 atom stereocenters. The summed E-state index contributed by atoms with van der Waals surface area (Å²) in [7, 11) is 0. The van der Waals surface area contributed by atoms with E-state index in [9.17, 15) is 0 Å². The lowest BCUT2D eigenvalue weighted by Crippen LogP contribution is -1.84. The molecule has 0 saturated heterocycles. The smallest absolute Gasteiger partial charge is 0.0411 e. The van der Waals surface area contributed by atoms with Crippen LogP contribution in [0.2, 0.25) is 5.02 Å². The van der Waals surface area contributed by atoms with E-state index in [-0.39, 0.29) is 0 Å². The van der Waals surface area contributed by atoms with Crippen LogP contribution in [0.5, 0.6) is 0 Å². The van der Waals surface area contributed by atoms with E-state index in [4.69, 9.17) is 11.6 Å². The summed E-state index contributed by atoms with van der Waals surface area (Å²) in [5, 5.41) is 0.834. The van der Waals surface area contributed by atoms with E-state index in [0.717, 1.165) is 5.02 Å². The van der Waals surface area contributed by atoms with Crippen LogP contribution < -0.4 is 0 Å². The van der Waals surface area contributed by atoms with Crippen molar-refractivity contribution < 1.29 is 0 Å². The fraction of sp³-hybridized carbons (Fsp3) is 0.455. The molecule has 0 nitrogen and oxygen atoms in total. The van der Waals surface area contributed by atoms with Gasteiger partial charge in [0.25, 0.3) is 0 Å². The Labute approximate surface area is 80.6 Å². The molecule has 0 spiro atoms. The van der Waals surface area contributed by atoms with Crippen molar-refractivity contribution in [3.63, 3.8) is 0 Å². The maximum atomic E-state index is 5.82. The first kappa shape index (κ1) is 11.5. The van der Waals surface area contributed by atoms with Crippen LogP contribution in [0.4, 0.5) is 0 Å². The highest BCUT2D eigenvalue weighted by Gasteiger charge is 1.97. The molecule has 0 aliphatic carbocycles. The van der Waals surface area contributed by atoms with Gasteiger partial charge in [0, 0.05) is 5.02 Å². The van der Waals surface area contributed by atoms with Crippen molar-refractivity contribution in [3.8, 4) is 0 Å². The Kier molecular flexibility index (Phi) is 5.00. The number of hydrogen-bond donors (Lipinski definition) is 0. The maximum absolute atomic E-state index is 5.82. The molecule has 0 radical (unpaired) electrons. The van der Waals surface area contributed by atoms with E-state index in [1.807, 2.05) is 26.0 Å². The van der Waals surface area contributed by atoms with E-state index in [1.165, 1.54) is 16.7 Å². The van der Waals surface area contributed by atoms with Gasteiger partial charge in [-0.3, -0.25) is 0 Å². The molecule has 0 unspecified atom stereocenters. The topological polar surface area (TPSA) is 0 Å². The summed E-state index contributed by atoms with van der Waals surface area (Å²) in [5.41, 5.74) is 3.87. The zero-order valence-corrected chi connectivity index (χ0v) is 9.29. The minimum atomic E-state index is 0.834. The summed E-state index contributed by atoms with van der Waals surface area (Å²) in [4.78, 5) is 0. The fourth-order valence-corrected chi connectivity index (χ4v) is 1.31. The largest absolute Gasteiger partial charge is 0.0843 e. The van der Waals surface area contributed by atoms with Gasteiger partial charge >= 0.3 is 0 Å². The van der Waals surface area contributed by atoms with Gasteiger partial charge in [0.15, 0.2) is 0 Å². The standard InChI is InChI=1S/C9H11Cl.C2H6/c1-6-4-9(10)5-7(2)8(6)3;1-2/h4-5H,1-3H3;1-2H3. The fourth-order valence-electron chi connectivity index (χ4n) is 0.983. The average molecular weight is 185 g/mol. The third kappa shape index (κ3) is 2.86. The van der Waals surface area contributed by atoms with Gasteiger partial charge in [0.05, 0.1) is 0 Å². The third-order valence-electron chi connectivity index (χ3n) is 1.89. The van der Waals surface area contributed by atoms with Crippen molar-refractivity contribution in [1.82, 2.24) is 0 Å². The maximum Gasteiger partial charge on any atom is 0.0411 e. The lowest BCUT2D eigenvalue weighted by molar-refractivity contribution is 1.27. The van der Waals surface area contributed by atoms with E-state index in [0.29, 0.717) is 0 Å². The molecular formula is C11H17Cl. The van der Waals surface area contributed by atoms with E-state index >= 15 is 0 Å². The van der Waals surface area contributed by atoms with Gasteiger partial charge in [-0.2, -0.15) is 0 Å². The van der Waals surface area contributed by atoms with Crippen molar-refractivity contribution in [2.45, 2.75) is 34.6 Å². The predicted molar refractivity (Wildman–Crippen MR) is 57.0 cm³/mol. The molecule has 0 aliphatic heterocycles. The van der Waals surface area contributed by atoms with Gasteiger partial charge in [0.2, 0.25) is 0 Å². The van der Waals surface area contributed by atoms with Crippen LogP contribution in [0.1, 0.15) is 30.5 Å². The molecule has 12 heavy (non-hydrogen) atoms. The van der Waals surface area contributed by atoms with Crippen LogP contribution in [0.3, 0.4) is 0 Å². The molecule has 68 valence electrons. The monoisotopic (exact) mass is 184 g/mol. The molecule has 1 aromatic carbocycles. The molecule has 0 amide bonds. The van der Waals surface area contributed by atoms with Crippen LogP contribution in [0, 0.1) is 20.8 Å². The Balaban J connectivity index is 0.000000561. The predicted octanol–water partition coefficient (Wildman–Crippen LogP) is 4.29. The summed E-state index contributed by atoms with van der Waals surface area (Å²) in [6.45, 7) is 10.3. The molecule has 1 rings (SSSR count). The average Bonchev–Trinajstić information content (AvgIpc) is 2.04. The molecule has 0 heterocycles. The van der Waals surface area contributed by atoms with E-state index < -0.39 is 0 Å². The van der Waals surface area contributed by atoms with Gasteiger partial charge in [0.1, 0.15) is 0 Å². The van der Waals surface area contributed by atoms with Gasteiger partial charge in [-0.05, 0) is 49.6 Å². The number of aryl methyl sites for hydroxylation is 2. The summed E-state index contributed by atoms with van der Waals surface area (Å²) < 4.78 is 0. The summed E-state index contributed by atoms with van der Waals surface area (Å²) in [6.07, 6.45) is 0. The summed E-state index contributed by atoms with van der Waals surface area (Å²) in [6, 6.07) is 3.98. The zero-order valence-electron chi connectivity index (χ0n) is 8.53. The molecule has 0 fully saturated rings. The van der Waals surface area contributed by atoms with Gasteiger partial charge in [-0.15, -0.1) is 0 Å².